The van der Waals surface area contributed by atoms with Gasteiger partial charge in [-0.1, -0.05) is 30.8 Å². The van der Waals surface area contributed by atoms with E-state index in [9.17, 15) is 9.59 Å². The van der Waals surface area contributed by atoms with Crippen LogP contribution in [-0.2, 0) is 9.53 Å². The van der Waals surface area contributed by atoms with Gasteiger partial charge < -0.3 is 14.2 Å². The Morgan fingerprint density at radius 2 is 1.90 bits per heavy atom. The third-order valence-corrected chi connectivity index (χ3v) is 4.16. The van der Waals surface area contributed by atoms with Crippen LogP contribution >= 0.6 is 0 Å². The van der Waals surface area contributed by atoms with Crippen LogP contribution in [0.2, 0.25) is 0 Å². The van der Waals surface area contributed by atoms with Crippen molar-refractivity contribution < 1.29 is 19.0 Å². The lowest BCUT2D eigenvalue weighted by atomic mass is 10.1. The molecule has 3 aromatic rings. The first kappa shape index (κ1) is 20.0. The molecule has 0 saturated heterocycles. The lowest BCUT2D eigenvalue weighted by Crippen LogP contribution is -2.33. The normalized spacial score (nSPS) is 11.3. The third-order valence-electron chi connectivity index (χ3n) is 4.16. The van der Waals surface area contributed by atoms with Crippen LogP contribution in [0.25, 0.3) is 18.3 Å². The van der Waals surface area contributed by atoms with Crippen LogP contribution in [0.4, 0.5) is 0 Å². The summed E-state index contributed by atoms with van der Waals surface area (Å²) in [7, 11) is 1.53. The van der Waals surface area contributed by atoms with Gasteiger partial charge in [0.15, 0.2) is 11.5 Å². The number of hydrogen-bond donors (Lipinski definition) is 1. The number of aromatic amines is 1. The van der Waals surface area contributed by atoms with Crippen molar-refractivity contribution in [2.24, 2.45) is 0 Å². The molecular weight excluding hydrogens is 372 g/mol. The molecule has 1 heterocycles. The molecule has 0 amide bonds. The van der Waals surface area contributed by atoms with E-state index in [1.54, 1.807) is 18.2 Å². The first-order chi connectivity index (χ1) is 14.0. The van der Waals surface area contributed by atoms with Gasteiger partial charge in [0.1, 0.15) is 13.2 Å². The average Bonchev–Trinajstić information content (AvgIpc) is 3.00. The molecule has 1 aromatic heterocycles. The Kier molecular flexibility index (Phi) is 6.19. The van der Waals surface area contributed by atoms with E-state index in [-0.39, 0.29) is 24.7 Å². The number of rotatable bonds is 7. The van der Waals surface area contributed by atoms with E-state index in [0.29, 0.717) is 22.1 Å². The van der Waals surface area contributed by atoms with Crippen molar-refractivity contribution in [1.29, 1.82) is 0 Å². The standard InChI is InChI=1S/C22H22N2O5/c1-15-19(22(26)24(23-15)18-7-5-4-6-8-18)13-17-9-10-20(21(14-17)27-3)29-12-11-28-16(2)25/h4-10,13-14,23H,1,11-12H2,2-3H3/b19-13-. The molecule has 2 aromatic carbocycles. The predicted octanol–water partition coefficient (Wildman–Crippen LogP) is 1.36. The molecule has 0 aliphatic heterocycles. The fourth-order valence-corrected chi connectivity index (χ4v) is 2.80. The molecule has 29 heavy (non-hydrogen) atoms. The summed E-state index contributed by atoms with van der Waals surface area (Å²) in [6.45, 7) is 5.65. The molecule has 0 unspecified atom stereocenters. The zero-order valence-electron chi connectivity index (χ0n) is 16.3. The number of carbonyl (C=O) groups is 1. The number of nitrogens with zero attached hydrogens (tertiary/aromatic N) is 1. The summed E-state index contributed by atoms with van der Waals surface area (Å²) >= 11 is 0. The second-order valence-electron chi connectivity index (χ2n) is 6.22. The Morgan fingerprint density at radius 1 is 1.14 bits per heavy atom. The zero-order chi connectivity index (χ0) is 20.8. The molecule has 0 radical (unpaired) electrons. The molecule has 1 N–H and O–H groups in total. The zero-order valence-corrected chi connectivity index (χ0v) is 16.3. The molecule has 0 aliphatic rings. The van der Waals surface area contributed by atoms with Crippen LogP contribution in [0.5, 0.6) is 11.5 Å². The van der Waals surface area contributed by atoms with Crippen LogP contribution in [0.1, 0.15) is 12.5 Å². The van der Waals surface area contributed by atoms with Crippen molar-refractivity contribution >= 4 is 18.6 Å². The van der Waals surface area contributed by atoms with Crippen molar-refractivity contribution in [2.75, 3.05) is 20.3 Å². The van der Waals surface area contributed by atoms with Crippen molar-refractivity contribution in [3.05, 3.63) is 75.0 Å². The molecule has 7 heteroatoms. The number of H-pyrrole nitrogens is 1. The van der Waals surface area contributed by atoms with Gasteiger partial charge in [0.25, 0.3) is 5.56 Å². The summed E-state index contributed by atoms with van der Waals surface area (Å²) in [6.07, 6.45) is 1.74. The van der Waals surface area contributed by atoms with E-state index < -0.39 is 0 Å². The van der Waals surface area contributed by atoms with E-state index in [4.69, 9.17) is 14.2 Å². The first-order valence-electron chi connectivity index (χ1n) is 9.01. The van der Waals surface area contributed by atoms with Crippen molar-refractivity contribution in [1.82, 2.24) is 9.78 Å². The number of esters is 1. The van der Waals surface area contributed by atoms with E-state index in [2.05, 4.69) is 11.7 Å². The maximum Gasteiger partial charge on any atom is 0.302 e. The first-order valence-corrected chi connectivity index (χ1v) is 9.01. The van der Waals surface area contributed by atoms with E-state index in [1.165, 1.54) is 18.7 Å². The topological polar surface area (TPSA) is 82.5 Å². The largest absolute Gasteiger partial charge is 0.493 e. The number of benzene rings is 2. The molecule has 0 bridgehead atoms. The quantitative estimate of drug-likeness (QED) is 0.483. The minimum absolute atomic E-state index is 0.152. The monoisotopic (exact) mass is 394 g/mol. The number of aromatic nitrogens is 2. The summed E-state index contributed by atoms with van der Waals surface area (Å²) in [5, 5.41) is 3.97. The Hall–Kier alpha value is -3.74. The van der Waals surface area contributed by atoms with Gasteiger partial charge in [-0.15, -0.1) is 0 Å². The van der Waals surface area contributed by atoms with Gasteiger partial charge >= 0.3 is 5.97 Å². The van der Waals surface area contributed by atoms with Gasteiger partial charge in [0, 0.05) is 6.92 Å². The maximum atomic E-state index is 12.8. The molecule has 150 valence electrons. The predicted molar refractivity (Wildman–Crippen MR) is 110 cm³/mol. The molecular formula is C22H22N2O5. The van der Waals surface area contributed by atoms with Gasteiger partial charge in [0.2, 0.25) is 0 Å². The SMILES string of the molecule is C=c1[nH]n(-c2ccccc2)c(=O)/c1=C\c1ccc(OCCOC(C)=O)c(OC)c1. The Labute approximate surface area is 167 Å². The molecule has 0 atom stereocenters. The van der Waals surface area contributed by atoms with Crippen LogP contribution in [0, 0.1) is 0 Å². The number of ether oxygens (including phenoxy) is 3. The lowest BCUT2D eigenvalue weighted by Gasteiger charge is -2.11. The summed E-state index contributed by atoms with van der Waals surface area (Å²) in [5.74, 6) is 0.663. The van der Waals surface area contributed by atoms with E-state index in [0.717, 1.165) is 11.3 Å². The Bertz CT molecular complexity index is 1160. The highest BCUT2D eigenvalue weighted by atomic mass is 16.6. The minimum atomic E-state index is -0.359. The fraction of sp³-hybridized carbons (Fsp3) is 0.182. The molecule has 0 aliphatic carbocycles. The third kappa shape index (κ3) is 4.76. The van der Waals surface area contributed by atoms with Gasteiger partial charge in [-0.05, 0) is 35.9 Å². The molecule has 3 rings (SSSR count). The molecule has 0 fully saturated rings. The highest BCUT2D eigenvalue weighted by molar-refractivity contribution is 5.65. The van der Waals surface area contributed by atoms with Gasteiger partial charge in [-0.25, -0.2) is 4.68 Å². The number of methoxy groups -OCH3 is 1. The minimum Gasteiger partial charge on any atom is -0.493 e. The van der Waals surface area contributed by atoms with Crippen LogP contribution in [0.15, 0.2) is 53.3 Å². The Morgan fingerprint density at radius 3 is 2.59 bits per heavy atom. The molecule has 0 spiro atoms. The molecule has 7 nitrogen and oxygen atoms in total. The second-order valence-corrected chi connectivity index (χ2v) is 6.22. The summed E-state index contributed by atoms with van der Waals surface area (Å²) in [4.78, 5) is 23.6. The number of nitrogens with one attached hydrogen (secondary N) is 1. The fourth-order valence-electron chi connectivity index (χ4n) is 2.80. The maximum absolute atomic E-state index is 12.8. The van der Waals surface area contributed by atoms with E-state index in [1.807, 2.05) is 36.4 Å². The van der Waals surface area contributed by atoms with Crippen molar-refractivity contribution in [3.8, 4) is 17.2 Å². The van der Waals surface area contributed by atoms with E-state index >= 15 is 0 Å². The summed E-state index contributed by atoms with van der Waals surface area (Å²) in [5.41, 5.74) is 1.30. The number of carbonyl (C=O) groups excluding carboxylic acids is 1. The summed E-state index contributed by atoms with van der Waals surface area (Å²) < 4.78 is 17.3. The van der Waals surface area contributed by atoms with Crippen LogP contribution < -0.4 is 25.6 Å². The van der Waals surface area contributed by atoms with Gasteiger partial charge in [-0.3, -0.25) is 14.7 Å². The summed E-state index contributed by atoms with van der Waals surface area (Å²) in [6, 6.07) is 14.6. The van der Waals surface area contributed by atoms with Crippen molar-refractivity contribution in [3.63, 3.8) is 0 Å². The highest BCUT2D eigenvalue weighted by Crippen LogP contribution is 2.28. The van der Waals surface area contributed by atoms with Gasteiger partial charge in [0.05, 0.1) is 23.4 Å². The second kappa shape index (κ2) is 8.97. The van der Waals surface area contributed by atoms with Crippen molar-refractivity contribution in [2.45, 2.75) is 6.92 Å². The lowest BCUT2D eigenvalue weighted by molar-refractivity contribution is -0.141. The van der Waals surface area contributed by atoms with Crippen LogP contribution in [-0.4, -0.2) is 36.1 Å². The Balaban J connectivity index is 1.89. The smallest absolute Gasteiger partial charge is 0.302 e. The number of para-hydroxylation sites is 1. The molecule has 0 saturated carbocycles. The van der Waals surface area contributed by atoms with Gasteiger partial charge in [-0.2, -0.15) is 0 Å². The number of hydrogen-bond acceptors (Lipinski definition) is 5. The van der Waals surface area contributed by atoms with Crippen LogP contribution in [0.3, 0.4) is 0 Å². The highest BCUT2D eigenvalue weighted by Gasteiger charge is 2.08. The average molecular weight is 394 g/mol.